The number of fused-ring (bicyclic) bond motifs is 1. The molecule has 9 heteroatoms. The number of aromatic nitrogens is 3. The SMILES string of the molecule is CSN1CCC(Nc2ncc3cc(Cl)c(=O)[nH]c3n2)CC1.OC1CCCC1. The van der Waals surface area contributed by atoms with Crippen LogP contribution in [0, 0.1) is 0 Å². The molecule has 1 aliphatic carbocycles. The lowest BCUT2D eigenvalue weighted by molar-refractivity contribution is 0.183. The Bertz CT molecular complexity index is 804. The zero-order valence-corrected chi connectivity index (χ0v) is 17.0. The summed E-state index contributed by atoms with van der Waals surface area (Å²) < 4.78 is 2.35. The number of piperidine rings is 1. The van der Waals surface area contributed by atoms with E-state index in [-0.39, 0.29) is 16.7 Å². The number of hydrogen-bond acceptors (Lipinski definition) is 7. The number of aliphatic hydroxyl groups excluding tert-OH is 1. The average molecular weight is 412 g/mol. The molecule has 148 valence electrons. The summed E-state index contributed by atoms with van der Waals surface area (Å²) in [5.41, 5.74) is 0.172. The van der Waals surface area contributed by atoms with Gasteiger partial charge in [0.2, 0.25) is 5.95 Å². The van der Waals surface area contributed by atoms with Gasteiger partial charge in [-0.25, -0.2) is 4.98 Å². The third-order valence-corrected chi connectivity index (χ3v) is 6.08. The fraction of sp³-hybridized carbons (Fsp3) is 0.611. The summed E-state index contributed by atoms with van der Waals surface area (Å²) in [6, 6.07) is 1.95. The van der Waals surface area contributed by atoms with E-state index in [1.165, 1.54) is 12.8 Å². The summed E-state index contributed by atoms with van der Waals surface area (Å²) in [7, 11) is 0. The molecule has 0 unspecified atom stereocenters. The number of aliphatic hydroxyl groups is 1. The maximum absolute atomic E-state index is 11.5. The van der Waals surface area contributed by atoms with Crippen LogP contribution in [-0.2, 0) is 0 Å². The van der Waals surface area contributed by atoms with Gasteiger partial charge in [0.25, 0.3) is 5.56 Å². The normalized spacial score (nSPS) is 19.1. The molecular weight excluding hydrogens is 386 g/mol. The van der Waals surface area contributed by atoms with Crippen LogP contribution < -0.4 is 10.9 Å². The number of pyridine rings is 1. The highest BCUT2D eigenvalue weighted by molar-refractivity contribution is 7.96. The standard InChI is InChI=1S/C13H16ClN5OS.C5H10O/c1-21-19-4-2-9(3-5-19)16-13-15-7-8-6-10(14)12(20)17-11(8)18-13;6-5-3-1-2-4-5/h6-7,9H,2-5H2,1H3,(H2,15,16,17,18,20);5-6H,1-4H2. The van der Waals surface area contributed by atoms with E-state index in [0.29, 0.717) is 17.6 Å². The molecule has 0 aromatic carbocycles. The van der Waals surface area contributed by atoms with Gasteiger partial charge in [-0.3, -0.25) is 9.10 Å². The molecule has 7 nitrogen and oxygen atoms in total. The van der Waals surface area contributed by atoms with Crippen molar-refractivity contribution in [1.29, 1.82) is 0 Å². The zero-order chi connectivity index (χ0) is 19.2. The second-order valence-electron chi connectivity index (χ2n) is 6.91. The monoisotopic (exact) mass is 411 g/mol. The van der Waals surface area contributed by atoms with Crippen molar-refractivity contribution in [2.24, 2.45) is 0 Å². The van der Waals surface area contributed by atoms with Crippen LogP contribution in [0.5, 0.6) is 0 Å². The van der Waals surface area contributed by atoms with E-state index in [9.17, 15) is 4.79 Å². The number of H-pyrrole nitrogens is 1. The van der Waals surface area contributed by atoms with Crippen LogP contribution in [0.25, 0.3) is 11.0 Å². The predicted octanol–water partition coefficient (Wildman–Crippen LogP) is 3.05. The summed E-state index contributed by atoms with van der Waals surface area (Å²) >= 11 is 7.57. The molecule has 0 bridgehead atoms. The van der Waals surface area contributed by atoms with Gasteiger partial charge in [-0.2, -0.15) is 4.98 Å². The van der Waals surface area contributed by atoms with E-state index >= 15 is 0 Å². The maximum atomic E-state index is 11.5. The van der Waals surface area contributed by atoms with Crippen molar-refractivity contribution in [3.05, 3.63) is 27.6 Å². The minimum Gasteiger partial charge on any atom is -0.393 e. The first-order valence-corrected chi connectivity index (χ1v) is 10.9. The molecule has 4 rings (SSSR count). The van der Waals surface area contributed by atoms with Crippen LogP contribution in [0.3, 0.4) is 0 Å². The minimum absolute atomic E-state index is 0.0463. The van der Waals surface area contributed by atoms with E-state index in [1.807, 2.05) is 0 Å². The molecule has 0 radical (unpaired) electrons. The van der Waals surface area contributed by atoms with Crippen molar-refractivity contribution < 1.29 is 5.11 Å². The summed E-state index contributed by atoms with van der Waals surface area (Å²) in [6.45, 7) is 2.11. The second-order valence-corrected chi connectivity index (χ2v) is 8.20. The Kier molecular flexibility index (Phi) is 7.34. The van der Waals surface area contributed by atoms with E-state index in [2.05, 4.69) is 30.8 Å². The van der Waals surface area contributed by atoms with Gasteiger partial charge in [-0.15, -0.1) is 0 Å². The van der Waals surface area contributed by atoms with E-state index < -0.39 is 0 Å². The van der Waals surface area contributed by atoms with Crippen LogP contribution >= 0.6 is 23.5 Å². The second kappa shape index (κ2) is 9.73. The van der Waals surface area contributed by atoms with Crippen molar-refractivity contribution in [3.63, 3.8) is 0 Å². The first kappa shape index (κ1) is 20.4. The highest BCUT2D eigenvalue weighted by atomic mass is 35.5. The minimum atomic E-state index is -0.331. The lowest BCUT2D eigenvalue weighted by Gasteiger charge is -2.30. The molecule has 1 saturated carbocycles. The molecule has 0 atom stereocenters. The third kappa shape index (κ3) is 5.81. The highest BCUT2D eigenvalue weighted by Gasteiger charge is 2.19. The Morgan fingerprint density at radius 1 is 1.30 bits per heavy atom. The lowest BCUT2D eigenvalue weighted by Crippen LogP contribution is -2.35. The number of rotatable bonds is 3. The molecular formula is C18H26ClN5O2S. The Labute approximate surface area is 168 Å². The largest absolute Gasteiger partial charge is 0.393 e. The Hall–Kier alpha value is -1.35. The average Bonchev–Trinajstić information content (AvgIpc) is 3.15. The molecule has 27 heavy (non-hydrogen) atoms. The predicted molar refractivity (Wildman–Crippen MR) is 111 cm³/mol. The molecule has 0 amide bonds. The first-order chi connectivity index (χ1) is 13.0. The molecule has 0 spiro atoms. The smallest absolute Gasteiger partial charge is 0.268 e. The molecule has 3 N–H and O–H groups in total. The lowest BCUT2D eigenvalue weighted by atomic mass is 10.1. The van der Waals surface area contributed by atoms with Crippen molar-refractivity contribution in [3.8, 4) is 0 Å². The zero-order valence-electron chi connectivity index (χ0n) is 15.4. The first-order valence-electron chi connectivity index (χ1n) is 9.34. The number of halogens is 1. The van der Waals surface area contributed by atoms with E-state index in [0.717, 1.165) is 44.2 Å². The Morgan fingerprint density at radius 2 is 2.00 bits per heavy atom. The van der Waals surface area contributed by atoms with E-state index in [1.54, 1.807) is 24.2 Å². The van der Waals surface area contributed by atoms with Crippen LogP contribution in [0.2, 0.25) is 5.02 Å². The van der Waals surface area contributed by atoms with Gasteiger partial charge in [0.05, 0.1) is 6.10 Å². The number of aromatic amines is 1. The van der Waals surface area contributed by atoms with Gasteiger partial charge in [0.1, 0.15) is 10.7 Å². The van der Waals surface area contributed by atoms with Crippen LogP contribution in [0.1, 0.15) is 38.5 Å². The van der Waals surface area contributed by atoms with Crippen molar-refractivity contribution in [1.82, 2.24) is 19.3 Å². The Balaban J connectivity index is 0.000000299. The number of hydrogen-bond donors (Lipinski definition) is 3. The maximum Gasteiger partial charge on any atom is 0.268 e. The molecule has 1 aliphatic heterocycles. The third-order valence-electron chi connectivity index (χ3n) is 4.92. The van der Waals surface area contributed by atoms with Gasteiger partial charge in [0, 0.05) is 30.7 Å². The molecule has 2 fully saturated rings. The fourth-order valence-corrected chi connectivity index (χ4v) is 4.05. The fourth-order valence-electron chi connectivity index (χ4n) is 3.31. The van der Waals surface area contributed by atoms with Crippen molar-refractivity contribution in [2.45, 2.75) is 50.7 Å². The van der Waals surface area contributed by atoms with E-state index in [4.69, 9.17) is 16.7 Å². The molecule has 2 aliphatic rings. The van der Waals surface area contributed by atoms with Crippen LogP contribution in [-0.4, -0.2) is 55.9 Å². The van der Waals surface area contributed by atoms with Crippen molar-refractivity contribution in [2.75, 3.05) is 24.7 Å². The highest BCUT2D eigenvalue weighted by Crippen LogP contribution is 2.19. The molecule has 3 heterocycles. The van der Waals surface area contributed by atoms with Gasteiger partial charge in [-0.1, -0.05) is 36.4 Å². The van der Waals surface area contributed by atoms with Gasteiger partial charge < -0.3 is 15.4 Å². The summed E-state index contributed by atoms with van der Waals surface area (Å²) in [5, 5.41) is 12.9. The number of nitrogens with zero attached hydrogens (tertiary/aromatic N) is 3. The molecule has 2 aromatic heterocycles. The molecule has 1 saturated heterocycles. The summed E-state index contributed by atoms with van der Waals surface area (Å²) in [4.78, 5) is 22.8. The quantitative estimate of drug-likeness (QED) is 0.668. The van der Waals surface area contributed by atoms with Gasteiger partial charge >= 0.3 is 0 Å². The Morgan fingerprint density at radius 3 is 2.59 bits per heavy atom. The van der Waals surface area contributed by atoms with Crippen LogP contribution in [0.4, 0.5) is 5.95 Å². The molecule has 2 aromatic rings. The summed E-state index contributed by atoms with van der Waals surface area (Å²) in [6.07, 6.45) is 10.5. The van der Waals surface area contributed by atoms with Gasteiger partial charge in [0.15, 0.2) is 0 Å². The summed E-state index contributed by atoms with van der Waals surface area (Å²) in [5.74, 6) is 0.545. The van der Waals surface area contributed by atoms with Crippen molar-refractivity contribution >= 4 is 40.5 Å². The van der Waals surface area contributed by atoms with Crippen LogP contribution in [0.15, 0.2) is 17.1 Å². The van der Waals surface area contributed by atoms with Gasteiger partial charge in [-0.05, 0) is 38.0 Å². The number of nitrogens with one attached hydrogen (secondary N) is 2. The number of anilines is 1. The topological polar surface area (TPSA) is 94.1 Å².